The van der Waals surface area contributed by atoms with Crippen LogP contribution in [0.1, 0.15) is 62.1 Å². The van der Waals surface area contributed by atoms with E-state index in [9.17, 15) is 9.59 Å². The Morgan fingerprint density at radius 2 is 1.95 bits per heavy atom. The van der Waals surface area contributed by atoms with Crippen molar-refractivity contribution >= 4 is 16.8 Å². The smallest absolute Gasteiger partial charge is 0.289 e. The molecule has 38 heavy (non-hydrogen) atoms. The number of rotatable bonds is 8. The molecule has 1 N–H and O–H groups in total. The average Bonchev–Trinajstić information content (AvgIpc) is 3.63. The topological polar surface area (TPSA) is 122 Å². The number of pyridine rings is 1. The standard InChI is InChI=1S/C27H33N7O4/c1-5-27(3,4)34-24(29-30-31-34)23(32-11-13-33(14-12-32)26(36)22-8-7-15-38-22)20-17-18-16-19(37-6-2)9-10-21(18)28-25(20)35/h7-10,15-17,23H,5-6,11-14H2,1-4H3,(H,28,35)/t23-/m1/s1. The van der Waals surface area contributed by atoms with E-state index in [-0.39, 0.29) is 17.0 Å². The Labute approximate surface area is 220 Å². The molecule has 0 radical (unpaired) electrons. The van der Waals surface area contributed by atoms with Crippen LogP contribution in [0.3, 0.4) is 0 Å². The number of nitrogens with zero attached hydrogens (tertiary/aromatic N) is 6. The Hall–Kier alpha value is -3.99. The van der Waals surface area contributed by atoms with Gasteiger partial charge in [-0.3, -0.25) is 14.5 Å². The van der Waals surface area contributed by atoms with Gasteiger partial charge in [-0.1, -0.05) is 6.92 Å². The number of fused-ring (bicyclic) bond motifs is 1. The molecule has 4 aromatic rings. The second-order valence-electron chi connectivity index (χ2n) is 10.1. The van der Waals surface area contributed by atoms with E-state index in [0.29, 0.717) is 49.9 Å². The molecule has 0 bridgehead atoms. The van der Waals surface area contributed by atoms with Crippen LogP contribution >= 0.6 is 0 Å². The molecule has 1 aliphatic rings. The Morgan fingerprint density at radius 1 is 1.16 bits per heavy atom. The first kappa shape index (κ1) is 25.7. The quantitative estimate of drug-likeness (QED) is 0.377. The number of furan rings is 1. The summed E-state index contributed by atoms with van der Waals surface area (Å²) in [6.07, 6.45) is 2.30. The highest BCUT2D eigenvalue weighted by Gasteiger charge is 2.36. The van der Waals surface area contributed by atoms with Gasteiger partial charge >= 0.3 is 0 Å². The van der Waals surface area contributed by atoms with Crippen molar-refractivity contribution in [2.75, 3.05) is 32.8 Å². The van der Waals surface area contributed by atoms with E-state index in [1.807, 2.05) is 35.9 Å². The van der Waals surface area contributed by atoms with Gasteiger partial charge in [-0.15, -0.1) is 5.10 Å². The first-order valence-corrected chi connectivity index (χ1v) is 13.0. The molecule has 1 fully saturated rings. The molecule has 11 heteroatoms. The van der Waals surface area contributed by atoms with Crippen molar-refractivity contribution in [1.82, 2.24) is 35.0 Å². The molecule has 5 rings (SSSR count). The summed E-state index contributed by atoms with van der Waals surface area (Å²) in [4.78, 5) is 33.3. The highest BCUT2D eigenvalue weighted by molar-refractivity contribution is 5.91. The summed E-state index contributed by atoms with van der Waals surface area (Å²) in [5, 5.41) is 13.6. The number of H-pyrrole nitrogens is 1. The maximum Gasteiger partial charge on any atom is 0.289 e. The van der Waals surface area contributed by atoms with Crippen LogP contribution in [-0.2, 0) is 5.54 Å². The predicted octanol–water partition coefficient (Wildman–Crippen LogP) is 3.20. The van der Waals surface area contributed by atoms with Crippen molar-refractivity contribution in [2.45, 2.75) is 45.7 Å². The number of hydrogen-bond donors (Lipinski definition) is 1. The van der Waals surface area contributed by atoms with Crippen LogP contribution < -0.4 is 10.3 Å². The molecule has 0 spiro atoms. The number of ether oxygens (including phenoxy) is 1. The van der Waals surface area contributed by atoms with Gasteiger partial charge in [-0.05, 0) is 74.0 Å². The van der Waals surface area contributed by atoms with Gasteiger partial charge in [0.25, 0.3) is 11.5 Å². The maximum atomic E-state index is 13.5. The third kappa shape index (κ3) is 4.81. The summed E-state index contributed by atoms with van der Waals surface area (Å²) in [6.45, 7) is 10.7. The van der Waals surface area contributed by atoms with E-state index < -0.39 is 6.04 Å². The lowest BCUT2D eigenvalue weighted by Crippen LogP contribution is -2.51. The summed E-state index contributed by atoms with van der Waals surface area (Å²) < 4.78 is 12.8. The second kappa shape index (κ2) is 10.4. The van der Waals surface area contributed by atoms with E-state index in [4.69, 9.17) is 9.15 Å². The Morgan fingerprint density at radius 3 is 2.63 bits per heavy atom. The van der Waals surface area contributed by atoms with Crippen molar-refractivity contribution < 1.29 is 13.9 Å². The van der Waals surface area contributed by atoms with Gasteiger partial charge < -0.3 is 19.0 Å². The minimum atomic E-state index is -0.513. The van der Waals surface area contributed by atoms with Gasteiger partial charge in [0.15, 0.2) is 11.6 Å². The van der Waals surface area contributed by atoms with Gasteiger partial charge in [0.05, 0.1) is 18.4 Å². The molecule has 1 aliphatic heterocycles. The normalized spacial score (nSPS) is 15.6. The number of piperazine rings is 1. The SMILES string of the molecule is CCOc1ccc2[nH]c(=O)c([C@H](c3nnnn3C(C)(C)CC)N3CCN(C(=O)c4ccco4)CC3)cc2c1. The third-order valence-electron chi connectivity index (χ3n) is 7.33. The molecule has 0 saturated carbocycles. The summed E-state index contributed by atoms with van der Waals surface area (Å²) in [5.74, 6) is 1.50. The first-order chi connectivity index (χ1) is 18.3. The number of hydrogen-bond acceptors (Lipinski definition) is 8. The summed E-state index contributed by atoms with van der Waals surface area (Å²) >= 11 is 0. The summed E-state index contributed by atoms with van der Waals surface area (Å²) in [7, 11) is 0. The van der Waals surface area contributed by atoms with Gasteiger partial charge in [0, 0.05) is 42.6 Å². The predicted molar refractivity (Wildman–Crippen MR) is 141 cm³/mol. The zero-order valence-electron chi connectivity index (χ0n) is 22.2. The molecule has 200 valence electrons. The van der Waals surface area contributed by atoms with Crippen molar-refractivity contribution in [2.24, 2.45) is 0 Å². The Bertz CT molecular complexity index is 1470. The third-order valence-corrected chi connectivity index (χ3v) is 7.33. The fourth-order valence-corrected chi connectivity index (χ4v) is 4.85. The maximum absolute atomic E-state index is 13.5. The fourth-order valence-electron chi connectivity index (χ4n) is 4.85. The average molecular weight is 520 g/mol. The van der Waals surface area contributed by atoms with Crippen LogP contribution in [0.15, 0.2) is 51.9 Å². The van der Waals surface area contributed by atoms with Crippen molar-refractivity contribution in [1.29, 1.82) is 0 Å². The molecule has 1 atom stereocenters. The zero-order chi connectivity index (χ0) is 26.9. The van der Waals surface area contributed by atoms with Crippen LogP contribution in [0.5, 0.6) is 5.75 Å². The largest absolute Gasteiger partial charge is 0.494 e. The molecule has 4 heterocycles. The Balaban J connectivity index is 1.55. The number of aromatic amines is 1. The van der Waals surface area contributed by atoms with Crippen LogP contribution in [0, 0.1) is 0 Å². The molecule has 1 aromatic carbocycles. The van der Waals surface area contributed by atoms with Crippen LogP contribution in [0.25, 0.3) is 10.9 Å². The van der Waals surface area contributed by atoms with Gasteiger partial charge in [-0.25, -0.2) is 4.68 Å². The molecule has 0 aliphatic carbocycles. The molecule has 11 nitrogen and oxygen atoms in total. The Kier molecular flexibility index (Phi) is 7.02. The monoisotopic (exact) mass is 519 g/mol. The highest BCUT2D eigenvalue weighted by Crippen LogP contribution is 2.32. The van der Waals surface area contributed by atoms with E-state index in [0.717, 1.165) is 23.1 Å². The number of benzene rings is 1. The van der Waals surface area contributed by atoms with E-state index >= 15 is 0 Å². The van der Waals surface area contributed by atoms with Gasteiger partial charge in [0.1, 0.15) is 11.8 Å². The van der Waals surface area contributed by atoms with Crippen molar-refractivity contribution in [3.8, 4) is 5.75 Å². The lowest BCUT2D eigenvalue weighted by Gasteiger charge is -2.39. The summed E-state index contributed by atoms with van der Waals surface area (Å²) in [6, 6.07) is 10.4. The summed E-state index contributed by atoms with van der Waals surface area (Å²) in [5.41, 5.74) is 0.702. The minimum Gasteiger partial charge on any atom is -0.494 e. The number of aromatic nitrogens is 5. The first-order valence-electron chi connectivity index (χ1n) is 13.0. The van der Waals surface area contributed by atoms with Crippen molar-refractivity contribution in [3.05, 3.63) is 70.2 Å². The lowest BCUT2D eigenvalue weighted by atomic mass is 9.99. The minimum absolute atomic E-state index is 0.143. The van der Waals surface area contributed by atoms with Crippen molar-refractivity contribution in [3.63, 3.8) is 0 Å². The lowest BCUT2D eigenvalue weighted by molar-refractivity contribution is 0.0554. The van der Waals surface area contributed by atoms with Gasteiger partial charge in [-0.2, -0.15) is 0 Å². The molecular formula is C27H33N7O4. The molecule has 0 unspecified atom stereocenters. The molecule has 3 aromatic heterocycles. The number of carbonyl (C=O) groups is 1. The fraction of sp³-hybridized carbons (Fsp3) is 0.444. The van der Waals surface area contributed by atoms with Gasteiger partial charge in [0.2, 0.25) is 0 Å². The highest BCUT2D eigenvalue weighted by atomic mass is 16.5. The van der Waals surface area contributed by atoms with Crippen LogP contribution in [0.4, 0.5) is 0 Å². The number of nitrogens with one attached hydrogen (secondary N) is 1. The van der Waals surface area contributed by atoms with Crippen LogP contribution in [0.2, 0.25) is 0 Å². The molecule has 1 amide bonds. The number of amides is 1. The zero-order valence-corrected chi connectivity index (χ0v) is 22.2. The number of carbonyl (C=O) groups excluding carboxylic acids is 1. The second-order valence-corrected chi connectivity index (χ2v) is 10.1. The van der Waals surface area contributed by atoms with E-state index in [1.54, 1.807) is 17.0 Å². The molecule has 1 saturated heterocycles. The van der Waals surface area contributed by atoms with E-state index in [1.165, 1.54) is 6.26 Å². The molecular weight excluding hydrogens is 486 g/mol. The number of tetrazole rings is 1. The van der Waals surface area contributed by atoms with E-state index in [2.05, 4.69) is 46.2 Å². The van der Waals surface area contributed by atoms with Crippen LogP contribution in [-0.4, -0.2) is 73.7 Å².